The second kappa shape index (κ2) is 31.5. The molecule has 0 saturated carbocycles. The van der Waals surface area contributed by atoms with E-state index in [1.807, 2.05) is 0 Å². The Morgan fingerprint density at radius 2 is 1.43 bits per heavy atom. The molecule has 0 N–H and O–H groups in total. The van der Waals surface area contributed by atoms with E-state index in [1.165, 1.54) is 6.42 Å². The van der Waals surface area contributed by atoms with Crippen LogP contribution in [0.15, 0.2) is 0 Å². The van der Waals surface area contributed by atoms with E-state index in [0.29, 0.717) is 0 Å². The average molecular weight is 145 g/mol. The fourth-order valence-corrected chi connectivity index (χ4v) is 0. The van der Waals surface area contributed by atoms with Gasteiger partial charge in [-0.2, -0.15) is 13.3 Å². The molecule has 0 radical (unpaired) electrons. The molecule has 48 valence electrons. The topological polar surface area (TPSA) is 0 Å². The molecule has 0 spiro atoms. The van der Waals surface area contributed by atoms with Crippen molar-refractivity contribution in [3.8, 4) is 0 Å². The van der Waals surface area contributed by atoms with Gasteiger partial charge in [0.2, 0.25) is 0 Å². The predicted molar refractivity (Wildman–Crippen MR) is 31.3 cm³/mol. The maximum Gasteiger partial charge on any atom is 2.00 e. The molecular formula is C6H14Ni. The summed E-state index contributed by atoms with van der Waals surface area (Å²) in [5.41, 5.74) is 0. The Morgan fingerprint density at radius 3 is 1.43 bits per heavy atom. The van der Waals surface area contributed by atoms with Gasteiger partial charge < -0.3 is 13.8 Å². The third-order valence-corrected chi connectivity index (χ3v) is 0.354. The molecule has 0 atom stereocenters. The second-order valence-electron chi connectivity index (χ2n) is 0.854. The zero-order valence-electron chi connectivity index (χ0n) is 5.14. The Labute approximate surface area is 57.6 Å². The van der Waals surface area contributed by atoms with Crippen LogP contribution in [0.2, 0.25) is 0 Å². The molecule has 7 heavy (non-hydrogen) atoms. The van der Waals surface area contributed by atoms with Gasteiger partial charge in [0.05, 0.1) is 0 Å². The molecule has 1 heteroatoms. The van der Waals surface area contributed by atoms with Crippen molar-refractivity contribution in [3.63, 3.8) is 0 Å². The summed E-state index contributed by atoms with van der Waals surface area (Å²) < 4.78 is 0. The molecular weight excluding hydrogens is 131 g/mol. The third kappa shape index (κ3) is 58.8. The van der Waals surface area contributed by atoms with Crippen LogP contribution in [0, 0.1) is 13.8 Å². The molecule has 0 saturated heterocycles. The fourth-order valence-electron chi connectivity index (χ4n) is 0. The maximum atomic E-state index is 3.60. The van der Waals surface area contributed by atoms with Gasteiger partial charge in [0.1, 0.15) is 0 Å². The summed E-state index contributed by atoms with van der Waals surface area (Å²) in [6, 6.07) is 0. The summed E-state index contributed by atoms with van der Waals surface area (Å²) in [5, 5.41) is 0. The molecule has 0 aliphatic carbocycles. The molecule has 0 aliphatic rings. The fraction of sp³-hybridized carbons (Fsp3) is 0.667. The quantitative estimate of drug-likeness (QED) is 0.392. The molecule has 0 rings (SSSR count). The molecule has 0 heterocycles. The zero-order valence-corrected chi connectivity index (χ0v) is 6.13. The van der Waals surface area contributed by atoms with Crippen LogP contribution in [0.3, 0.4) is 0 Å². The summed E-state index contributed by atoms with van der Waals surface area (Å²) in [5.74, 6) is 0. The van der Waals surface area contributed by atoms with Gasteiger partial charge in [-0.1, -0.05) is 13.3 Å². The van der Waals surface area contributed by atoms with Gasteiger partial charge in [0.25, 0.3) is 0 Å². The van der Waals surface area contributed by atoms with E-state index in [4.69, 9.17) is 0 Å². The Hall–Kier alpha value is 0.494. The van der Waals surface area contributed by atoms with Crippen molar-refractivity contribution < 1.29 is 16.5 Å². The smallest absolute Gasteiger partial charge is 0.346 e. The SMILES string of the molecule is [CH2-]C.[CH2-]CCC.[Ni+2]. The van der Waals surface area contributed by atoms with Crippen LogP contribution in [0.1, 0.15) is 26.7 Å². The Kier molecular flexibility index (Phi) is 70.5. The average Bonchev–Trinajstić information content (AvgIpc) is 1.72. The monoisotopic (exact) mass is 144 g/mol. The van der Waals surface area contributed by atoms with Crippen LogP contribution >= 0.6 is 0 Å². The van der Waals surface area contributed by atoms with Crippen molar-refractivity contribution in [1.29, 1.82) is 0 Å². The Morgan fingerprint density at radius 1 is 1.29 bits per heavy atom. The van der Waals surface area contributed by atoms with Crippen LogP contribution in [0.25, 0.3) is 0 Å². The Balaban J connectivity index is -0.0000000480. The summed E-state index contributed by atoms with van der Waals surface area (Å²) in [6.07, 6.45) is 2.28. The first-order valence-electron chi connectivity index (χ1n) is 2.41. The van der Waals surface area contributed by atoms with Gasteiger partial charge >= 0.3 is 16.5 Å². The number of hydrogen-bond donors (Lipinski definition) is 0. The van der Waals surface area contributed by atoms with Gasteiger partial charge in [0, 0.05) is 0 Å². The van der Waals surface area contributed by atoms with Crippen LogP contribution in [-0.4, -0.2) is 0 Å². The molecule has 0 aromatic rings. The van der Waals surface area contributed by atoms with Gasteiger partial charge in [0.15, 0.2) is 0 Å². The minimum atomic E-state index is 0. The number of rotatable bonds is 1. The second-order valence-corrected chi connectivity index (χ2v) is 0.854. The molecule has 0 bridgehead atoms. The van der Waals surface area contributed by atoms with E-state index >= 15 is 0 Å². The third-order valence-electron chi connectivity index (χ3n) is 0.354. The van der Waals surface area contributed by atoms with Crippen LogP contribution < -0.4 is 0 Å². The van der Waals surface area contributed by atoms with Crippen LogP contribution in [-0.2, 0) is 16.5 Å². The first kappa shape index (κ1) is 15.6. The standard InChI is InChI=1S/C4H9.C2H5.Ni/c1-3-4-2;1-2;/h1,3-4H2,2H3;1H2,2H3;/q2*-1;+2. The van der Waals surface area contributed by atoms with Gasteiger partial charge in [-0.25, -0.2) is 0 Å². The number of unbranched alkanes of at least 4 members (excludes halogenated alkanes) is 1. The molecule has 0 amide bonds. The van der Waals surface area contributed by atoms with Crippen LogP contribution in [0.4, 0.5) is 0 Å². The minimum absolute atomic E-state index is 0. The maximum absolute atomic E-state index is 3.60. The van der Waals surface area contributed by atoms with Crippen molar-refractivity contribution in [2.24, 2.45) is 0 Å². The normalized spacial score (nSPS) is 5.14. The summed E-state index contributed by atoms with van der Waals surface area (Å²) in [4.78, 5) is 0. The van der Waals surface area contributed by atoms with Crippen molar-refractivity contribution in [2.45, 2.75) is 26.7 Å². The van der Waals surface area contributed by atoms with E-state index in [-0.39, 0.29) is 16.5 Å². The van der Waals surface area contributed by atoms with E-state index in [9.17, 15) is 0 Å². The molecule has 0 unspecified atom stereocenters. The molecule has 0 aromatic carbocycles. The van der Waals surface area contributed by atoms with Crippen molar-refractivity contribution in [3.05, 3.63) is 13.8 Å². The van der Waals surface area contributed by atoms with Crippen molar-refractivity contribution >= 4 is 0 Å². The van der Waals surface area contributed by atoms with Gasteiger partial charge in [-0.05, 0) is 0 Å². The molecule has 0 aromatic heterocycles. The summed E-state index contributed by atoms with van der Waals surface area (Å²) in [6.45, 7) is 10.7. The Bertz CT molecular complexity index is 6.14. The van der Waals surface area contributed by atoms with Gasteiger partial charge in [-0.15, -0.1) is 0 Å². The van der Waals surface area contributed by atoms with E-state index in [0.717, 1.165) is 6.42 Å². The molecule has 0 aliphatic heterocycles. The van der Waals surface area contributed by atoms with E-state index < -0.39 is 0 Å². The first-order valence-corrected chi connectivity index (χ1v) is 2.41. The minimum Gasteiger partial charge on any atom is -0.346 e. The van der Waals surface area contributed by atoms with Crippen LogP contribution in [0.5, 0.6) is 0 Å². The molecule has 0 nitrogen and oxygen atoms in total. The zero-order chi connectivity index (χ0) is 5.41. The van der Waals surface area contributed by atoms with E-state index in [1.54, 1.807) is 6.92 Å². The summed E-state index contributed by atoms with van der Waals surface area (Å²) >= 11 is 0. The van der Waals surface area contributed by atoms with E-state index in [2.05, 4.69) is 20.8 Å². The van der Waals surface area contributed by atoms with Crippen molar-refractivity contribution in [1.82, 2.24) is 0 Å². The predicted octanol–water partition coefficient (Wildman–Crippen LogP) is 2.46. The largest absolute Gasteiger partial charge is 2.00 e. The first-order chi connectivity index (χ1) is 2.91. The summed E-state index contributed by atoms with van der Waals surface area (Å²) in [7, 11) is 0. The van der Waals surface area contributed by atoms with Crippen molar-refractivity contribution in [2.75, 3.05) is 0 Å². The van der Waals surface area contributed by atoms with Gasteiger partial charge in [-0.3, -0.25) is 0 Å². The number of hydrogen-bond acceptors (Lipinski definition) is 0. The molecule has 0 fully saturated rings.